The van der Waals surface area contributed by atoms with Crippen molar-refractivity contribution in [2.75, 3.05) is 5.88 Å². The lowest BCUT2D eigenvalue weighted by Crippen LogP contribution is -1.88. The minimum Gasteiger partial charge on any atom is -0.207 e. The molecule has 13 heavy (non-hydrogen) atoms. The van der Waals surface area contributed by atoms with Gasteiger partial charge in [-0.1, -0.05) is 11.8 Å². The lowest BCUT2D eigenvalue weighted by molar-refractivity contribution is 0.579. The van der Waals surface area contributed by atoms with Crippen molar-refractivity contribution >= 4 is 27.5 Å². The molecule has 1 aromatic carbocycles. The van der Waals surface area contributed by atoms with Crippen LogP contribution in [0.25, 0.3) is 0 Å². The third-order valence-electron chi connectivity index (χ3n) is 1.29. The molecule has 0 saturated carbocycles. The maximum absolute atomic E-state index is 13.0. The summed E-state index contributed by atoms with van der Waals surface area (Å²) in [5.41, 5.74) is 0.127. The van der Waals surface area contributed by atoms with Crippen LogP contribution >= 0.6 is 27.5 Å². The standard InChI is InChI=1S/C9H4BrClF2/c10-8-4-6(12)5-9(13)7(8)2-1-3-11/h4-5H,3H2. The maximum Gasteiger partial charge on any atom is 0.142 e. The van der Waals surface area contributed by atoms with E-state index in [0.717, 1.165) is 12.1 Å². The van der Waals surface area contributed by atoms with Gasteiger partial charge in [0.1, 0.15) is 11.6 Å². The second kappa shape index (κ2) is 4.59. The van der Waals surface area contributed by atoms with E-state index in [1.165, 1.54) is 0 Å². The van der Waals surface area contributed by atoms with E-state index in [2.05, 4.69) is 27.8 Å². The van der Waals surface area contributed by atoms with Crippen molar-refractivity contribution in [3.8, 4) is 11.8 Å². The molecule has 0 heterocycles. The number of hydrogen-bond donors (Lipinski definition) is 0. The molecule has 0 saturated heterocycles. The van der Waals surface area contributed by atoms with Gasteiger partial charge in [0.05, 0.1) is 11.4 Å². The first-order valence-corrected chi connectivity index (χ1v) is 4.67. The molecule has 0 aliphatic carbocycles. The van der Waals surface area contributed by atoms with Gasteiger partial charge in [0.2, 0.25) is 0 Å². The topological polar surface area (TPSA) is 0 Å². The molecular formula is C9H4BrClF2. The minimum absolute atomic E-state index is 0.114. The van der Waals surface area contributed by atoms with Crippen molar-refractivity contribution in [3.63, 3.8) is 0 Å². The van der Waals surface area contributed by atoms with Gasteiger partial charge in [0, 0.05) is 10.5 Å². The Morgan fingerprint density at radius 2 is 2.08 bits per heavy atom. The van der Waals surface area contributed by atoms with Crippen LogP contribution in [0.2, 0.25) is 0 Å². The first-order chi connectivity index (χ1) is 6.15. The zero-order valence-electron chi connectivity index (χ0n) is 6.37. The Balaban J connectivity index is 3.21. The lowest BCUT2D eigenvalue weighted by atomic mass is 10.2. The van der Waals surface area contributed by atoms with Gasteiger partial charge in [-0.15, -0.1) is 11.6 Å². The highest BCUT2D eigenvalue weighted by molar-refractivity contribution is 9.10. The molecule has 1 aromatic rings. The van der Waals surface area contributed by atoms with E-state index >= 15 is 0 Å². The predicted molar refractivity (Wildman–Crippen MR) is 51.7 cm³/mol. The van der Waals surface area contributed by atoms with Gasteiger partial charge in [-0.3, -0.25) is 0 Å². The van der Waals surface area contributed by atoms with Crippen molar-refractivity contribution in [1.29, 1.82) is 0 Å². The molecule has 0 unspecified atom stereocenters. The molecule has 0 radical (unpaired) electrons. The van der Waals surface area contributed by atoms with Gasteiger partial charge < -0.3 is 0 Å². The van der Waals surface area contributed by atoms with Crippen LogP contribution in [-0.2, 0) is 0 Å². The fourth-order valence-corrected chi connectivity index (χ4v) is 1.36. The SMILES string of the molecule is Fc1cc(F)c(C#CCCl)c(Br)c1. The zero-order chi connectivity index (χ0) is 9.84. The van der Waals surface area contributed by atoms with Gasteiger partial charge in [0.25, 0.3) is 0 Å². The summed E-state index contributed by atoms with van der Waals surface area (Å²) in [5, 5.41) is 0. The summed E-state index contributed by atoms with van der Waals surface area (Å²) >= 11 is 8.30. The summed E-state index contributed by atoms with van der Waals surface area (Å²) in [6.45, 7) is 0. The van der Waals surface area contributed by atoms with Crippen LogP contribution in [-0.4, -0.2) is 5.88 Å². The summed E-state index contributed by atoms with van der Waals surface area (Å²) in [7, 11) is 0. The minimum atomic E-state index is -0.690. The Labute approximate surface area is 88.0 Å². The molecule has 4 heteroatoms. The number of hydrogen-bond acceptors (Lipinski definition) is 0. The molecule has 0 amide bonds. The normalized spacial score (nSPS) is 9.23. The maximum atomic E-state index is 13.0. The highest BCUT2D eigenvalue weighted by Crippen LogP contribution is 2.20. The molecule has 0 nitrogen and oxygen atoms in total. The lowest BCUT2D eigenvalue weighted by Gasteiger charge is -1.97. The Kier molecular flexibility index (Phi) is 3.71. The molecule has 0 bridgehead atoms. The quantitative estimate of drug-likeness (QED) is 0.499. The van der Waals surface area contributed by atoms with E-state index < -0.39 is 11.6 Å². The van der Waals surface area contributed by atoms with Crippen molar-refractivity contribution in [2.24, 2.45) is 0 Å². The summed E-state index contributed by atoms with van der Waals surface area (Å²) in [4.78, 5) is 0. The van der Waals surface area contributed by atoms with Crippen LogP contribution in [0.5, 0.6) is 0 Å². The third kappa shape index (κ3) is 2.68. The average molecular weight is 265 g/mol. The van der Waals surface area contributed by atoms with Gasteiger partial charge >= 0.3 is 0 Å². The molecule has 0 N–H and O–H groups in total. The van der Waals surface area contributed by atoms with Crippen LogP contribution in [0, 0.1) is 23.5 Å². The molecule has 0 spiro atoms. The van der Waals surface area contributed by atoms with Gasteiger partial charge in [-0.2, -0.15) is 0 Å². The predicted octanol–water partition coefficient (Wildman–Crippen LogP) is 3.32. The molecule has 0 fully saturated rings. The summed E-state index contributed by atoms with van der Waals surface area (Å²) < 4.78 is 25.9. The monoisotopic (exact) mass is 264 g/mol. The van der Waals surface area contributed by atoms with E-state index in [-0.39, 0.29) is 11.4 Å². The molecule has 0 aliphatic rings. The van der Waals surface area contributed by atoms with E-state index in [1.54, 1.807) is 0 Å². The Hall–Kier alpha value is -0.590. The number of halogens is 4. The number of benzene rings is 1. The van der Waals surface area contributed by atoms with E-state index in [4.69, 9.17) is 11.6 Å². The Morgan fingerprint density at radius 3 is 2.62 bits per heavy atom. The van der Waals surface area contributed by atoms with Gasteiger partial charge in [-0.05, 0) is 22.0 Å². The second-order valence-corrected chi connectivity index (χ2v) is 3.30. The highest BCUT2D eigenvalue weighted by atomic mass is 79.9. The molecule has 1 rings (SSSR count). The second-order valence-electron chi connectivity index (χ2n) is 2.18. The number of rotatable bonds is 0. The molecule has 0 atom stereocenters. The Bertz CT molecular complexity index is 356. The largest absolute Gasteiger partial charge is 0.207 e. The molecule has 0 aromatic heterocycles. The van der Waals surface area contributed by atoms with Gasteiger partial charge in [-0.25, -0.2) is 8.78 Å². The molecule has 0 aliphatic heterocycles. The van der Waals surface area contributed by atoms with Crippen LogP contribution in [0.3, 0.4) is 0 Å². The van der Waals surface area contributed by atoms with Crippen LogP contribution < -0.4 is 0 Å². The van der Waals surface area contributed by atoms with Crippen LogP contribution in [0.4, 0.5) is 8.78 Å². The average Bonchev–Trinajstić information content (AvgIpc) is 2.02. The molecule has 68 valence electrons. The van der Waals surface area contributed by atoms with E-state index in [1.807, 2.05) is 0 Å². The molecular weight excluding hydrogens is 261 g/mol. The van der Waals surface area contributed by atoms with Crippen molar-refractivity contribution in [3.05, 3.63) is 33.8 Å². The fourth-order valence-electron chi connectivity index (χ4n) is 0.783. The van der Waals surface area contributed by atoms with Crippen molar-refractivity contribution in [2.45, 2.75) is 0 Å². The highest BCUT2D eigenvalue weighted by Gasteiger charge is 2.06. The van der Waals surface area contributed by atoms with Crippen LogP contribution in [0.1, 0.15) is 5.56 Å². The Morgan fingerprint density at radius 1 is 1.38 bits per heavy atom. The first kappa shape index (κ1) is 10.5. The summed E-state index contributed by atoms with van der Waals surface area (Å²) in [6, 6.07) is 1.93. The van der Waals surface area contributed by atoms with E-state index in [0.29, 0.717) is 4.47 Å². The number of alkyl halides is 1. The third-order valence-corrected chi connectivity index (χ3v) is 2.05. The summed E-state index contributed by atoms with van der Waals surface area (Å²) in [5.74, 6) is 3.76. The smallest absolute Gasteiger partial charge is 0.142 e. The van der Waals surface area contributed by atoms with Gasteiger partial charge in [0.15, 0.2) is 0 Å². The van der Waals surface area contributed by atoms with E-state index in [9.17, 15) is 8.78 Å². The zero-order valence-corrected chi connectivity index (χ0v) is 8.72. The van der Waals surface area contributed by atoms with Crippen LogP contribution in [0.15, 0.2) is 16.6 Å². The first-order valence-electron chi connectivity index (χ1n) is 3.34. The summed E-state index contributed by atoms with van der Waals surface area (Å²) in [6.07, 6.45) is 0. The van der Waals surface area contributed by atoms with Crippen molar-refractivity contribution in [1.82, 2.24) is 0 Å². The fraction of sp³-hybridized carbons (Fsp3) is 0.111. The van der Waals surface area contributed by atoms with Crippen molar-refractivity contribution < 1.29 is 8.78 Å².